The molecule has 2 aliphatic rings. The predicted molar refractivity (Wildman–Crippen MR) is 80.0 cm³/mol. The highest BCUT2D eigenvalue weighted by molar-refractivity contribution is 6.38. The molecule has 3 N–H and O–H groups in total. The largest absolute Gasteiger partial charge is 0.381 e. The molecule has 0 bridgehead atoms. The van der Waals surface area contributed by atoms with Crippen LogP contribution in [0.25, 0.3) is 0 Å². The SMILES string of the molecule is CC[C@@H](C(=O)C(=O)NC1CCOCC1)N1CCCC1C(N)=O. The summed E-state index contributed by atoms with van der Waals surface area (Å²) in [5, 5.41) is 2.79. The molecule has 2 atom stereocenters. The molecule has 7 heteroatoms. The molecule has 1 unspecified atom stereocenters. The average Bonchev–Trinajstić information content (AvgIpc) is 2.98. The highest BCUT2D eigenvalue weighted by Crippen LogP contribution is 2.22. The number of primary amides is 1. The van der Waals surface area contributed by atoms with Gasteiger partial charge in [0.15, 0.2) is 0 Å². The van der Waals surface area contributed by atoms with Crippen molar-refractivity contribution in [1.82, 2.24) is 10.2 Å². The Labute approximate surface area is 130 Å². The number of ketones is 1. The smallest absolute Gasteiger partial charge is 0.289 e. The molecule has 124 valence electrons. The van der Waals surface area contributed by atoms with Gasteiger partial charge in [-0.15, -0.1) is 0 Å². The molecule has 0 aromatic heterocycles. The van der Waals surface area contributed by atoms with E-state index in [9.17, 15) is 14.4 Å². The Morgan fingerprint density at radius 1 is 1.27 bits per heavy atom. The topological polar surface area (TPSA) is 102 Å². The number of likely N-dealkylation sites (tertiary alicyclic amines) is 1. The average molecular weight is 311 g/mol. The van der Waals surface area contributed by atoms with E-state index >= 15 is 0 Å². The number of Topliss-reactive ketones (excluding diaryl/α,β-unsaturated/α-hetero) is 1. The van der Waals surface area contributed by atoms with Crippen LogP contribution < -0.4 is 11.1 Å². The monoisotopic (exact) mass is 311 g/mol. The van der Waals surface area contributed by atoms with Gasteiger partial charge in [-0.1, -0.05) is 6.92 Å². The molecule has 7 nitrogen and oxygen atoms in total. The van der Waals surface area contributed by atoms with Crippen LogP contribution in [-0.4, -0.2) is 60.4 Å². The third-order valence-corrected chi connectivity index (χ3v) is 4.49. The van der Waals surface area contributed by atoms with Gasteiger partial charge in [0, 0.05) is 19.3 Å². The second-order valence-corrected chi connectivity index (χ2v) is 5.95. The molecule has 2 fully saturated rings. The standard InChI is InChI=1S/C15H25N3O4/c1-2-11(18-7-3-4-12(18)14(16)20)13(19)15(21)17-10-5-8-22-9-6-10/h10-12H,2-9H2,1H3,(H2,16,20)(H,17,21)/t11-,12?/m0/s1. The maximum atomic E-state index is 12.5. The lowest BCUT2D eigenvalue weighted by Gasteiger charge is -2.30. The maximum absolute atomic E-state index is 12.5. The Morgan fingerprint density at radius 3 is 2.55 bits per heavy atom. The van der Waals surface area contributed by atoms with Crippen molar-refractivity contribution in [2.45, 2.75) is 57.2 Å². The van der Waals surface area contributed by atoms with Crippen LogP contribution in [0.4, 0.5) is 0 Å². The van der Waals surface area contributed by atoms with Gasteiger partial charge in [0.05, 0.1) is 12.1 Å². The molecule has 0 saturated carbocycles. The van der Waals surface area contributed by atoms with Gasteiger partial charge in [0.2, 0.25) is 11.7 Å². The zero-order valence-electron chi connectivity index (χ0n) is 13.0. The van der Waals surface area contributed by atoms with Crippen molar-refractivity contribution in [3.63, 3.8) is 0 Å². The predicted octanol–water partition coefficient (Wildman–Crippen LogP) is -0.421. The molecule has 2 rings (SSSR count). The van der Waals surface area contributed by atoms with Crippen LogP contribution in [0.1, 0.15) is 39.0 Å². The summed E-state index contributed by atoms with van der Waals surface area (Å²) < 4.78 is 5.24. The van der Waals surface area contributed by atoms with E-state index in [-0.39, 0.29) is 6.04 Å². The lowest BCUT2D eigenvalue weighted by atomic mass is 10.0. The summed E-state index contributed by atoms with van der Waals surface area (Å²) in [5.41, 5.74) is 5.40. The van der Waals surface area contributed by atoms with E-state index in [1.165, 1.54) is 0 Å². The number of ether oxygens (including phenoxy) is 1. The fraction of sp³-hybridized carbons (Fsp3) is 0.800. The van der Waals surface area contributed by atoms with Crippen molar-refractivity contribution in [1.29, 1.82) is 0 Å². The zero-order valence-corrected chi connectivity index (χ0v) is 13.0. The third-order valence-electron chi connectivity index (χ3n) is 4.49. The highest BCUT2D eigenvalue weighted by Gasteiger charge is 2.39. The number of amides is 2. The number of hydrogen-bond donors (Lipinski definition) is 2. The van der Waals surface area contributed by atoms with E-state index in [0.29, 0.717) is 32.6 Å². The lowest BCUT2D eigenvalue weighted by Crippen LogP contribution is -2.53. The van der Waals surface area contributed by atoms with Gasteiger partial charge in [0.25, 0.3) is 5.91 Å². The van der Waals surface area contributed by atoms with Gasteiger partial charge in [0.1, 0.15) is 0 Å². The van der Waals surface area contributed by atoms with Crippen LogP contribution in [-0.2, 0) is 19.1 Å². The fourth-order valence-corrected chi connectivity index (χ4v) is 3.29. The molecule has 22 heavy (non-hydrogen) atoms. The van der Waals surface area contributed by atoms with E-state index in [2.05, 4.69) is 5.32 Å². The van der Waals surface area contributed by atoms with Gasteiger partial charge in [-0.3, -0.25) is 19.3 Å². The summed E-state index contributed by atoms with van der Waals surface area (Å²) >= 11 is 0. The van der Waals surface area contributed by atoms with E-state index in [1.807, 2.05) is 6.92 Å². The Hall–Kier alpha value is -1.47. The zero-order chi connectivity index (χ0) is 16.1. The Bertz CT molecular complexity index is 435. The van der Waals surface area contributed by atoms with Crippen molar-refractivity contribution in [2.24, 2.45) is 5.73 Å². The molecular weight excluding hydrogens is 286 g/mol. The van der Waals surface area contributed by atoms with Crippen LogP contribution in [0.15, 0.2) is 0 Å². The molecule has 0 radical (unpaired) electrons. The summed E-state index contributed by atoms with van der Waals surface area (Å²) in [6.07, 6.45) is 3.41. The number of nitrogens with zero attached hydrogens (tertiary/aromatic N) is 1. The van der Waals surface area contributed by atoms with Crippen molar-refractivity contribution in [3.8, 4) is 0 Å². The first-order valence-corrected chi connectivity index (χ1v) is 8.02. The number of nitrogens with two attached hydrogens (primary N) is 1. The first-order chi connectivity index (χ1) is 10.5. The molecule has 2 amide bonds. The number of rotatable bonds is 6. The molecular formula is C15H25N3O4. The van der Waals surface area contributed by atoms with Crippen molar-refractivity contribution in [3.05, 3.63) is 0 Å². The van der Waals surface area contributed by atoms with Gasteiger partial charge in [-0.25, -0.2) is 0 Å². The molecule has 0 spiro atoms. The summed E-state index contributed by atoms with van der Waals surface area (Å²) in [4.78, 5) is 37.9. The minimum absolute atomic E-state index is 0.00628. The highest BCUT2D eigenvalue weighted by atomic mass is 16.5. The van der Waals surface area contributed by atoms with Gasteiger partial charge >= 0.3 is 0 Å². The molecule has 0 aromatic carbocycles. The summed E-state index contributed by atoms with van der Waals surface area (Å²) in [7, 11) is 0. The van der Waals surface area contributed by atoms with Crippen molar-refractivity contribution >= 4 is 17.6 Å². The number of carbonyl (C=O) groups is 3. The van der Waals surface area contributed by atoms with Crippen LogP contribution in [0, 0.1) is 0 Å². The quantitative estimate of drug-likeness (QED) is 0.649. The maximum Gasteiger partial charge on any atom is 0.289 e. The van der Waals surface area contributed by atoms with E-state index in [1.54, 1.807) is 4.90 Å². The second kappa shape index (κ2) is 7.69. The minimum Gasteiger partial charge on any atom is -0.381 e. The van der Waals surface area contributed by atoms with E-state index < -0.39 is 29.7 Å². The van der Waals surface area contributed by atoms with Crippen LogP contribution in [0.5, 0.6) is 0 Å². The van der Waals surface area contributed by atoms with Gasteiger partial charge < -0.3 is 15.8 Å². The Morgan fingerprint density at radius 2 is 1.95 bits per heavy atom. The second-order valence-electron chi connectivity index (χ2n) is 5.95. The lowest BCUT2D eigenvalue weighted by molar-refractivity contribution is -0.142. The normalized spacial score (nSPS) is 24.9. The number of nitrogens with one attached hydrogen (secondary N) is 1. The van der Waals surface area contributed by atoms with E-state index in [0.717, 1.165) is 19.3 Å². The fourth-order valence-electron chi connectivity index (χ4n) is 3.29. The van der Waals surface area contributed by atoms with Crippen molar-refractivity contribution < 1.29 is 19.1 Å². The molecule has 2 heterocycles. The molecule has 0 aromatic rings. The first-order valence-electron chi connectivity index (χ1n) is 8.02. The molecule has 2 aliphatic heterocycles. The first kappa shape index (κ1) is 16.9. The summed E-state index contributed by atoms with van der Waals surface area (Å²) in [6.45, 7) is 3.68. The number of carbonyl (C=O) groups excluding carboxylic acids is 3. The minimum atomic E-state index is -0.570. The molecule has 0 aliphatic carbocycles. The Kier molecular flexibility index (Phi) is 5.90. The van der Waals surface area contributed by atoms with Gasteiger partial charge in [-0.05, 0) is 38.6 Å². The van der Waals surface area contributed by atoms with Crippen molar-refractivity contribution in [2.75, 3.05) is 19.8 Å². The van der Waals surface area contributed by atoms with Crippen LogP contribution >= 0.6 is 0 Å². The van der Waals surface area contributed by atoms with Crippen LogP contribution in [0.3, 0.4) is 0 Å². The third kappa shape index (κ3) is 3.84. The van der Waals surface area contributed by atoms with Gasteiger partial charge in [-0.2, -0.15) is 0 Å². The Balaban J connectivity index is 1.98. The summed E-state index contributed by atoms with van der Waals surface area (Å²) in [5.74, 6) is -1.45. The number of hydrogen-bond acceptors (Lipinski definition) is 5. The molecule has 2 saturated heterocycles. The van der Waals surface area contributed by atoms with Crippen LogP contribution in [0.2, 0.25) is 0 Å². The summed E-state index contributed by atoms with van der Waals surface area (Å²) in [6, 6.07) is -1.02. The van der Waals surface area contributed by atoms with E-state index in [4.69, 9.17) is 10.5 Å².